The number of amides is 2. The number of sulfonamides is 1. The minimum atomic E-state index is -3.60. The number of hydrogen-bond donors (Lipinski definition) is 1. The highest BCUT2D eigenvalue weighted by Crippen LogP contribution is 2.23. The van der Waals surface area contributed by atoms with E-state index in [4.69, 9.17) is 0 Å². The molecule has 0 radical (unpaired) electrons. The lowest BCUT2D eigenvalue weighted by Gasteiger charge is -2.34. The molecule has 0 spiro atoms. The van der Waals surface area contributed by atoms with Crippen molar-refractivity contribution in [3.05, 3.63) is 65.2 Å². The predicted molar refractivity (Wildman–Crippen MR) is 124 cm³/mol. The van der Waals surface area contributed by atoms with Crippen LogP contribution in [0.4, 0.5) is 0 Å². The summed E-state index contributed by atoms with van der Waals surface area (Å²) in [5.74, 6) is -0.141. The van der Waals surface area contributed by atoms with Gasteiger partial charge in [-0.05, 0) is 49.1 Å². The Balaban J connectivity index is 1.53. The number of piperazine rings is 1. The number of rotatable bonds is 7. The molecule has 3 rings (SSSR count). The Kier molecular flexibility index (Phi) is 7.69. The van der Waals surface area contributed by atoms with Gasteiger partial charge in [0.05, 0.1) is 11.4 Å². The van der Waals surface area contributed by atoms with Gasteiger partial charge in [-0.25, -0.2) is 8.42 Å². The molecular weight excluding hydrogens is 426 g/mol. The number of carbonyl (C=O) groups excluding carboxylic acids is 2. The zero-order valence-corrected chi connectivity index (χ0v) is 19.7. The van der Waals surface area contributed by atoms with Crippen LogP contribution in [0.1, 0.15) is 47.7 Å². The summed E-state index contributed by atoms with van der Waals surface area (Å²) in [4.78, 5) is 26.6. The summed E-state index contributed by atoms with van der Waals surface area (Å²) in [7, 11) is -3.60. The third kappa shape index (κ3) is 5.55. The normalized spacial score (nSPS) is 15.9. The molecule has 0 aromatic heterocycles. The van der Waals surface area contributed by atoms with Crippen molar-refractivity contribution in [2.75, 3.05) is 32.7 Å². The van der Waals surface area contributed by atoms with Crippen molar-refractivity contribution < 1.29 is 18.0 Å². The number of aryl methyl sites for hydroxylation is 1. The van der Waals surface area contributed by atoms with Crippen molar-refractivity contribution in [3.63, 3.8) is 0 Å². The van der Waals surface area contributed by atoms with Gasteiger partial charge in [-0.2, -0.15) is 4.31 Å². The van der Waals surface area contributed by atoms with Gasteiger partial charge in [0.15, 0.2) is 0 Å². The van der Waals surface area contributed by atoms with Crippen LogP contribution in [0.25, 0.3) is 0 Å². The molecule has 7 nitrogen and oxygen atoms in total. The molecule has 1 fully saturated rings. The lowest BCUT2D eigenvalue weighted by atomic mass is 9.99. The van der Waals surface area contributed by atoms with Crippen molar-refractivity contribution in [3.8, 4) is 0 Å². The van der Waals surface area contributed by atoms with E-state index in [-0.39, 0.29) is 36.3 Å². The number of carbonyl (C=O) groups is 2. The molecule has 0 bridgehead atoms. The summed E-state index contributed by atoms with van der Waals surface area (Å²) < 4.78 is 27.4. The Bertz CT molecular complexity index is 1060. The van der Waals surface area contributed by atoms with Gasteiger partial charge in [0, 0.05) is 31.7 Å². The summed E-state index contributed by atoms with van der Waals surface area (Å²) in [5.41, 5.74) is 2.60. The fourth-order valence-electron chi connectivity index (χ4n) is 3.69. The van der Waals surface area contributed by atoms with Crippen LogP contribution in [-0.2, 0) is 14.8 Å². The second kappa shape index (κ2) is 10.3. The zero-order valence-electron chi connectivity index (χ0n) is 18.9. The molecule has 1 aliphatic heterocycles. The fourth-order valence-corrected chi connectivity index (χ4v) is 5.11. The Labute approximate surface area is 190 Å². The molecule has 1 N–H and O–H groups in total. The first kappa shape index (κ1) is 23.9. The summed E-state index contributed by atoms with van der Waals surface area (Å²) >= 11 is 0. The van der Waals surface area contributed by atoms with Gasteiger partial charge in [0.1, 0.15) is 0 Å². The average molecular weight is 458 g/mol. The highest BCUT2D eigenvalue weighted by molar-refractivity contribution is 7.89. The smallest absolute Gasteiger partial charge is 0.251 e. The van der Waals surface area contributed by atoms with Gasteiger partial charge < -0.3 is 10.2 Å². The summed E-state index contributed by atoms with van der Waals surface area (Å²) in [6.45, 7) is 7.05. The Morgan fingerprint density at radius 3 is 2.28 bits per heavy atom. The molecule has 2 amide bonds. The van der Waals surface area contributed by atoms with Crippen LogP contribution in [0.2, 0.25) is 0 Å². The van der Waals surface area contributed by atoms with Gasteiger partial charge in [-0.3, -0.25) is 9.59 Å². The van der Waals surface area contributed by atoms with E-state index >= 15 is 0 Å². The van der Waals surface area contributed by atoms with Gasteiger partial charge in [-0.1, -0.05) is 43.7 Å². The summed E-state index contributed by atoms with van der Waals surface area (Å²) in [6, 6.07) is 14.2. The molecule has 1 saturated heterocycles. The molecule has 0 saturated carbocycles. The monoisotopic (exact) mass is 457 g/mol. The van der Waals surface area contributed by atoms with Gasteiger partial charge in [0.25, 0.3) is 5.91 Å². The minimum Gasteiger partial charge on any atom is -0.343 e. The van der Waals surface area contributed by atoms with Crippen molar-refractivity contribution in [2.24, 2.45) is 0 Å². The maximum atomic E-state index is 13.0. The van der Waals surface area contributed by atoms with Crippen LogP contribution in [-0.4, -0.2) is 62.2 Å². The quantitative estimate of drug-likeness (QED) is 0.693. The highest BCUT2D eigenvalue weighted by Gasteiger charge is 2.30. The second-order valence-corrected chi connectivity index (χ2v) is 10.2. The van der Waals surface area contributed by atoms with Crippen molar-refractivity contribution in [1.82, 2.24) is 14.5 Å². The predicted octanol–water partition coefficient (Wildman–Crippen LogP) is 2.77. The molecule has 1 heterocycles. The third-order valence-electron chi connectivity index (χ3n) is 5.97. The number of benzene rings is 2. The first-order valence-electron chi connectivity index (χ1n) is 10.9. The maximum absolute atomic E-state index is 13.0. The fraction of sp³-hybridized carbons (Fsp3) is 0.417. The van der Waals surface area contributed by atoms with E-state index in [2.05, 4.69) is 19.2 Å². The first-order chi connectivity index (χ1) is 15.2. The largest absolute Gasteiger partial charge is 0.343 e. The second-order valence-electron chi connectivity index (χ2n) is 8.22. The molecule has 172 valence electrons. The van der Waals surface area contributed by atoms with E-state index < -0.39 is 10.0 Å². The van der Waals surface area contributed by atoms with Crippen LogP contribution in [0.15, 0.2) is 53.4 Å². The Morgan fingerprint density at radius 1 is 1.03 bits per heavy atom. The van der Waals surface area contributed by atoms with Crippen molar-refractivity contribution >= 4 is 21.8 Å². The van der Waals surface area contributed by atoms with Crippen LogP contribution in [0.3, 0.4) is 0 Å². The average Bonchev–Trinajstić information content (AvgIpc) is 2.82. The van der Waals surface area contributed by atoms with Gasteiger partial charge >= 0.3 is 0 Å². The van der Waals surface area contributed by atoms with Crippen LogP contribution >= 0.6 is 0 Å². The van der Waals surface area contributed by atoms with E-state index in [1.54, 1.807) is 35.2 Å². The van der Waals surface area contributed by atoms with E-state index in [0.29, 0.717) is 24.6 Å². The van der Waals surface area contributed by atoms with E-state index in [1.807, 2.05) is 25.1 Å². The number of nitrogens with one attached hydrogen (secondary N) is 1. The maximum Gasteiger partial charge on any atom is 0.251 e. The topological polar surface area (TPSA) is 86.8 Å². The Morgan fingerprint density at radius 2 is 1.69 bits per heavy atom. The summed E-state index contributed by atoms with van der Waals surface area (Å²) in [5, 5.41) is 2.65. The molecule has 2 aromatic rings. The van der Waals surface area contributed by atoms with Crippen molar-refractivity contribution in [1.29, 1.82) is 0 Å². The lowest BCUT2D eigenvalue weighted by molar-refractivity contribution is -0.131. The highest BCUT2D eigenvalue weighted by atomic mass is 32.2. The molecule has 2 aromatic carbocycles. The molecule has 1 aliphatic rings. The van der Waals surface area contributed by atoms with Crippen molar-refractivity contribution in [2.45, 2.75) is 38.0 Å². The molecular formula is C24H31N3O4S. The molecule has 8 heteroatoms. The van der Waals surface area contributed by atoms with Crippen LogP contribution in [0, 0.1) is 6.92 Å². The van der Waals surface area contributed by atoms with E-state index in [1.165, 1.54) is 4.31 Å². The van der Waals surface area contributed by atoms with Crippen LogP contribution < -0.4 is 5.32 Å². The molecule has 32 heavy (non-hydrogen) atoms. The van der Waals surface area contributed by atoms with E-state index in [0.717, 1.165) is 17.5 Å². The molecule has 1 atom stereocenters. The first-order valence-corrected chi connectivity index (χ1v) is 12.4. The van der Waals surface area contributed by atoms with Crippen LogP contribution in [0.5, 0.6) is 0 Å². The standard InChI is InChI=1S/C24H31N3O4S/c1-4-19(3)20-8-10-22(11-9-20)32(30,31)27-14-12-26(13-15-27)23(28)17-25-24(29)21-7-5-6-18(2)16-21/h5-11,16,19H,4,12-15,17H2,1-3H3,(H,25,29). The molecule has 1 unspecified atom stereocenters. The minimum absolute atomic E-state index is 0.114. The molecule has 0 aliphatic carbocycles. The third-order valence-corrected chi connectivity index (χ3v) is 7.88. The SMILES string of the molecule is CCC(C)c1ccc(S(=O)(=O)N2CCN(C(=O)CNC(=O)c3cccc(C)c3)CC2)cc1. The number of nitrogens with zero attached hydrogens (tertiary/aromatic N) is 2. The van der Waals surface area contributed by atoms with Gasteiger partial charge in [-0.15, -0.1) is 0 Å². The summed E-state index contributed by atoms with van der Waals surface area (Å²) in [6.07, 6.45) is 0.994. The lowest BCUT2D eigenvalue weighted by Crippen LogP contribution is -2.52. The van der Waals surface area contributed by atoms with Gasteiger partial charge in [0.2, 0.25) is 15.9 Å². The van der Waals surface area contributed by atoms with E-state index in [9.17, 15) is 18.0 Å². The zero-order chi connectivity index (χ0) is 23.3. The Hall–Kier alpha value is -2.71. The number of hydrogen-bond acceptors (Lipinski definition) is 4.